The van der Waals surface area contributed by atoms with Gasteiger partial charge in [0.2, 0.25) is 0 Å². The molecule has 2 aromatic carbocycles. The number of aryl methyl sites for hydroxylation is 1. The van der Waals surface area contributed by atoms with E-state index in [1.807, 2.05) is 43.3 Å². The van der Waals surface area contributed by atoms with Crippen LogP contribution in [0.3, 0.4) is 0 Å². The Balaban J connectivity index is 1.65. The Morgan fingerprint density at radius 2 is 1.81 bits per heavy atom. The average molecular weight is 428 g/mol. The summed E-state index contributed by atoms with van der Waals surface area (Å²) in [6, 6.07) is 18.5. The predicted molar refractivity (Wildman–Crippen MR) is 129 cm³/mol. The highest BCUT2D eigenvalue weighted by molar-refractivity contribution is 6.06. The van der Waals surface area contributed by atoms with E-state index < -0.39 is 0 Å². The summed E-state index contributed by atoms with van der Waals surface area (Å²) in [5, 5.41) is 10.1. The van der Waals surface area contributed by atoms with Crippen molar-refractivity contribution in [1.29, 1.82) is 0 Å². The molecule has 1 aromatic heterocycles. The van der Waals surface area contributed by atoms with E-state index in [-0.39, 0.29) is 18.0 Å². The van der Waals surface area contributed by atoms with Crippen molar-refractivity contribution < 1.29 is 4.79 Å². The molecule has 6 nitrogen and oxygen atoms in total. The topological polar surface area (TPSA) is 92.1 Å². The van der Waals surface area contributed by atoms with Gasteiger partial charge in [0.25, 0.3) is 5.91 Å². The zero-order chi connectivity index (χ0) is 22.1. The van der Waals surface area contributed by atoms with E-state index in [4.69, 9.17) is 10.7 Å². The predicted octanol–water partition coefficient (Wildman–Crippen LogP) is 4.73. The molecule has 6 heteroatoms. The third-order valence-corrected chi connectivity index (χ3v) is 6.44. The van der Waals surface area contributed by atoms with Crippen LogP contribution in [0.25, 0.3) is 11.1 Å². The SMILES string of the molecule is Cc1cccc(Nc2nc(NC3CCCCC3N)c(-c3ccccc3)c3c2C(=O)NC3)c1. The zero-order valence-corrected chi connectivity index (χ0v) is 18.3. The van der Waals surface area contributed by atoms with Crippen molar-refractivity contribution in [3.8, 4) is 11.1 Å². The number of hydrogen-bond acceptors (Lipinski definition) is 5. The molecular weight excluding hydrogens is 398 g/mol. The first-order valence-electron chi connectivity index (χ1n) is 11.4. The van der Waals surface area contributed by atoms with Gasteiger partial charge in [-0.1, -0.05) is 55.3 Å². The van der Waals surface area contributed by atoms with Crippen molar-refractivity contribution >= 4 is 23.2 Å². The number of anilines is 3. The number of nitrogens with zero attached hydrogens (tertiary/aromatic N) is 1. The second kappa shape index (κ2) is 8.63. The van der Waals surface area contributed by atoms with Crippen LogP contribution < -0.4 is 21.7 Å². The lowest BCUT2D eigenvalue weighted by Crippen LogP contribution is -2.43. The van der Waals surface area contributed by atoms with Crippen LogP contribution in [0.4, 0.5) is 17.3 Å². The van der Waals surface area contributed by atoms with E-state index in [0.29, 0.717) is 17.9 Å². The van der Waals surface area contributed by atoms with Gasteiger partial charge in [-0.05, 0) is 48.6 Å². The minimum absolute atomic E-state index is 0.0929. The van der Waals surface area contributed by atoms with E-state index in [1.54, 1.807) is 0 Å². The van der Waals surface area contributed by atoms with Crippen LogP contribution in [-0.2, 0) is 6.54 Å². The Kier molecular flexibility index (Phi) is 5.53. The normalized spacial score (nSPS) is 19.9. The van der Waals surface area contributed by atoms with Crippen LogP contribution in [0.1, 0.15) is 47.2 Å². The Labute approximate surface area is 188 Å². The molecular formula is C26H29N5O. The molecule has 1 amide bonds. The number of carbonyl (C=O) groups excluding carboxylic acids is 1. The number of rotatable bonds is 5. The number of amides is 1. The van der Waals surface area contributed by atoms with Crippen LogP contribution in [0.5, 0.6) is 0 Å². The minimum Gasteiger partial charge on any atom is -0.365 e. The summed E-state index contributed by atoms with van der Waals surface area (Å²) in [6.07, 6.45) is 4.36. The fourth-order valence-electron chi connectivity index (χ4n) is 4.80. The van der Waals surface area contributed by atoms with Gasteiger partial charge in [0.1, 0.15) is 11.6 Å². The third kappa shape index (κ3) is 3.94. The van der Waals surface area contributed by atoms with E-state index in [2.05, 4.69) is 34.1 Å². The highest BCUT2D eigenvalue weighted by Crippen LogP contribution is 2.39. The molecule has 1 aliphatic carbocycles. The maximum atomic E-state index is 12.8. The summed E-state index contributed by atoms with van der Waals surface area (Å²) in [5.74, 6) is 1.26. The monoisotopic (exact) mass is 427 g/mol. The molecule has 164 valence electrons. The van der Waals surface area contributed by atoms with Gasteiger partial charge in [0.05, 0.1) is 5.56 Å². The number of nitrogens with two attached hydrogens (primary N) is 1. The molecule has 5 N–H and O–H groups in total. The minimum atomic E-state index is -0.0965. The average Bonchev–Trinajstić information content (AvgIpc) is 3.18. The summed E-state index contributed by atoms with van der Waals surface area (Å²) >= 11 is 0. The molecule has 0 saturated heterocycles. The van der Waals surface area contributed by atoms with Crippen molar-refractivity contribution in [2.45, 2.75) is 51.2 Å². The highest BCUT2D eigenvalue weighted by atomic mass is 16.1. The van der Waals surface area contributed by atoms with E-state index >= 15 is 0 Å². The molecule has 0 bridgehead atoms. The van der Waals surface area contributed by atoms with Crippen LogP contribution in [0.2, 0.25) is 0 Å². The second-order valence-electron chi connectivity index (χ2n) is 8.78. The van der Waals surface area contributed by atoms with Crippen molar-refractivity contribution in [2.75, 3.05) is 10.6 Å². The van der Waals surface area contributed by atoms with E-state index in [1.165, 1.54) is 6.42 Å². The van der Waals surface area contributed by atoms with Crippen molar-refractivity contribution in [3.63, 3.8) is 0 Å². The van der Waals surface area contributed by atoms with Gasteiger partial charge in [-0.15, -0.1) is 0 Å². The fraction of sp³-hybridized carbons (Fsp3) is 0.308. The number of nitrogens with one attached hydrogen (secondary N) is 3. The number of aromatic nitrogens is 1. The molecule has 1 fully saturated rings. The maximum Gasteiger partial charge on any atom is 0.255 e. The van der Waals surface area contributed by atoms with E-state index in [9.17, 15) is 4.79 Å². The number of benzene rings is 2. The summed E-state index contributed by atoms with van der Waals surface area (Å²) < 4.78 is 0. The van der Waals surface area contributed by atoms with Crippen molar-refractivity contribution in [3.05, 3.63) is 71.3 Å². The van der Waals surface area contributed by atoms with Crippen LogP contribution in [0.15, 0.2) is 54.6 Å². The first kappa shape index (κ1) is 20.5. The van der Waals surface area contributed by atoms with Gasteiger partial charge in [-0.2, -0.15) is 0 Å². The molecule has 2 heterocycles. The van der Waals surface area contributed by atoms with Crippen molar-refractivity contribution in [1.82, 2.24) is 10.3 Å². The first-order chi connectivity index (χ1) is 15.6. The molecule has 3 aromatic rings. The van der Waals surface area contributed by atoms with Gasteiger partial charge in [-0.3, -0.25) is 4.79 Å². The standard InChI is InChI=1S/C26H29N5O/c1-16-8-7-11-18(14-16)29-25-23-19(15-28-26(23)32)22(17-9-3-2-4-10-17)24(31-25)30-21-13-6-5-12-20(21)27/h2-4,7-11,14,20-21H,5-6,12-13,15,27H2,1H3,(H,28,32)(H2,29,30,31). The molecule has 0 spiro atoms. The number of fused-ring (bicyclic) bond motifs is 1. The van der Waals surface area contributed by atoms with Gasteiger partial charge in [0.15, 0.2) is 0 Å². The van der Waals surface area contributed by atoms with Gasteiger partial charge in [0, 0.05) is 29.9 Å². The van der Waals surface area contributed by atoms with Gasteiger partial charge < -0.3 is 21.7 Å². The molecule has 1 aliphatic heterocycles. The van der Waals surface area contributed by atoms with Crippen molar-refractivity contribution in [2.24, 2.45) is 5.73 Å². The molecule has 0 radical (unpaired) electrons. The molecule has 2 aliphatic rings. The largest absolute Gasteiger partial charge is 0.365 e. The number of pyridine rings is 1. The number of hydrogen-bond donors (Lipinski definition) is 4. The van der Waals surface area contributed by atoms with E-state index in [0.717, 1.165) is 53.0 Å². The lowest BCUT2D eigenvalue weighted by Gasteiger charge is -2.31. The summed E-state index contributed by atoms with van der Waals surface area (Å²) in [4.78, 5) is 17.8. The fourth-order valence-corrected chi connectivity index (χ4v) is 4.80. The lowest BCUT2D eigenvalue weighted by atomic mass is 9.90. The zero-order valence-electron chi connectivity index (χ0n) is 18.3. The summed E-state index contributed by atoms with van der Waals surface area (Å²) in [6.45, 7) is 2.53. The molecule has 1 saturated carbocycles. The molecule has 32 heavy (non-hydrogen) atoms. The molecule has 2 atom stereocenters. The van der Waals surface area contributed by atoms with Gasteiger partial charge >= 0.3 is 0 Å². The smallest absolute Gasteiger partial charge is 0.255 e. The Bertz CT molecular complexity index is 1140. The van der Waals surface area contributed by atoms with Crippen LogP contribution in [-0.4, -0.2) is 23.0 Å². The van der Waals surface area contributed by atoms with Gasteiger partial charge in [-0.25, -0.2) is 4.98 Å². The first-order valence-corrected chi connectivity index (χ1v) is 11.4. The van der Waals surface area contributed by atoms with Crippen LogP contribution in [0, 0.1) is 6.92 Å². The second-order valence-corrected chi connectivity index (χ2v) is 8.78. The Hall–Kier alpha value is -3.38. The highest BCUT2D eigenvalue weighted by Gasteiger charge is 2.31. The molecule has 2 unspecified atom stereocenters. The van der Waals surface area contributed by atoms with Crippen LogP contribution >= 0.6 is 0 Å². The summed E-state index contributed by atoms with van der Waals surface area (Å²) in [7, 11) is 0. The quantitative estimate of drug-likeness (QED) is 0.473. The molecule has 5 rings (SSSR count). The summed E-state index contributed by atoms with van der Waals surface area (Å²) in [5.41, 5.74) is 12.1. The Morgan fingerprint density at radius 3 is 2.59 bits per heavy atom. The third-order valence-electron chi connectivity index (χ3n) is 6.44. The Morgan fingerprint density at radius 1 is 1.00 bits per heavy atom. The lowest BCUT2D eigenvalue weighted by molar-refractivity contribution is 0.0966. The number of carbonyl (C=O) groups is 1. The maximum absolute atomic E-state index is 12.8.